The van der Waals surface area contributed by atoms with Gasteiger partial charge in [0.1, 0.15) is 0 Å². The second-order valence-corrected chi connectivity index (χ2v) is 1.47. The molecule has 1 radical (unpaired) electrons. The van der Waals surface area contributed by atoms with Crippen molar-refractivity contribution in [3.05, 3.63) is 19.1 Å². The van der Waals surface area contributed by atoms with Crippen molar-refractivity contribution in [2.24, 2.45) is 0 Å². The first-order valence-corrected chi connectivity index (χ1v) is 2.56. The first-order valence-electron chi connectivity index (χ1n) is 2.56. The topological polar surface area (TPSA) is 40.5 Å². The van der Waals surface area contributed by atoms with E-state index >= 15 is 0 Å². The van der Waals surface area contributed by atoms with Gasteiger partial charge in [-0.25, -0.2) is 0 Å². The molecule has 0 aromatic rings. The number of aliphatic hydroxyl groups is 2. The maximum absolute atomic E-state index is 8.70. The molecule has 0 aliphatic heterocycles. The molecule has 0 saturated carbocycles. The normalized spacial score (nSPS) is 13.2. The van der Waals surface area contributed by atoms with Crippen LogP contribution >= 0.6 is 0 Å². The maximum Gasteiger partial charge on any atom is 0.0751 e. The Kier molecular flexibility index (Phi) is 4.61. The molecule has 0 aromatic heterocycles. The summed E-state index contributed by atoms with van der Waals surface area (Å²) in [4.78, 5) is 0. The number of hydrogen-bond acceptors (Lipinski definition) is 2. The molecule has 0 saturated heterocycles. The fourth-order valence-corrected chi connectivity index (χ4v) is 0.342. The number of rotatable bonds is 4. The van der Waals surface area contributed by atoms with Crippen molar-refractivity contribution in [3.8, 4) is 0 Å². The lowest BCUT2D eigenvalue weighted by atomic mass is 10.2. The van der Waals surface area contributed by atoms with Gasteiger partial charge in [0.25, 0.3) is 0 Å². The van der Waals surface area contributed by atoms with E-state index in [-0.39, 0.29) is 6.61 Å². The largest absolute Gasteiger partial charge is 0.396 e. The molecule has 0 amide bonds. The highest BCUT2D eigenvalue weighted by Crippen LogP contribution is 1.93. The molecule has 0 spiro atoms. The minimum atomic E-state index is -0.567. The highest BCUT2D eigenvalue weighted by Gasteiger charge is 1.94. The molecule has 0 bridgehead atoms. The van der Waals surface area contributed by atoms with Gasteiger partial charge in [-0.2, -0.15) is 0 Å². The predicted molar refractivity (Wildman–Crippen MR) is 32.2 cm³/mol. The van der Waals surface area contributed by atoms with Crippen LogP contribution in [0.5, 0.6) is 0 Å². The summed E-state index contributed by atoms with van der Waals surface area (Å²) in [5.74, 6) is 0. The Morgan fingerprint density at radius 3 is 2.62 bits per heavy atom. The first kappa shape index (κ1) is 7.66. The van der Waals surface area contributed by atoms with E-state index in [0.717, 1.165) is 0 Å². The van der Waals surface area contributed by atoms with Gasteiger partial charge in [-0.05, 0) is 12.8 Å². The van der Waals surface area contributed by atoms with Crippen LogP contribution in [-0.2, 0) is 0 Å². The van der Waals surface area contributed by atoms with Crippen LogP contribution in [0.25, 0.3) is 0 Å². The van der Waals surface area contributed by atoms with Gasteiger partial charge < -0.3 is 10.2 Å². The summed E-state index contributed by atoms with van der Waals surface area (Å²) in [7, 11) is 0. The van der Waals surface area contributed by atoms with Crippen molar-refractivity contribution in [3.63, 3.8) is 0 Å². The van der Waals surface area contributed by atoms with E-state index in [1.54, 1.807) is 6.42 Å². The van der Waals surface area contributed by atoms with Crippen molar-refractivity contribution in [1.29, 1.82) is 0 Å². The van der Waals surface area contributed by atoms with Gasteiger partial charge in [-0.1, -0.05) is 6.08 Å². The second-order valence-electron chi connectivity index (χ2n) is 1.47. The van der Waals surface area contributed by atoms with E-state index in [1.165, 1.54) is 6.08 Å². The Morgan fingerprint density at radius 2 is 2.25 bits per heavy atom. The molecule has 2 heteroatoms. The first-order chi connectivity index (χ1) is 3.81. The van der Waals surface area contributed by atoms with Crippen molar-refractivity contribution < 1.29 is 10.2 Å². The molecule has 1 unspecified atom stereocenters. The van der Waals surface area contributed by atoms with E-state index in [2.05, 4.69) is 6.58 Å². The fraction of sp³-hybridized carbons (Fsp3) is 0.500. The van der Waals surface area contributed by atoms with Gasteiger partial charge in [0.15, 0.2) is 0 Å². The third-order valence-corrected chi connectivity index (χ3v) is 0.779. The Labute approximate surface area is 49.5 Å². The maximum atomic E-state index is 8.70. The van der Waals surface area contributed by atoms with Crippen LogP contribution in [0.3, 0.4) is 0 Å². The van der Waals surface area contributed by atoms with Crippen molar-refractivity contribution in [2.75, 3.05) is 6.61 Å². The third kappa shape index (κ3) is 3.84. The summed E-state index contributed by atoms with van der Waals surface area (Å²) < 4.78 is 0. The number of hydrogen-bond donors (Lipinski definition) is 2. The Balaban J connectivity index is 2.98. The summed E-state index contributed by atoms with van der Waals surface area (Å²) in [5, 5.41) is 16.9. The zero-order chi connectivity index (χ0) is 6.41. The van der Waals surface area contributed by atoms with Crippen LogP contribution in [0.15, 0.2) is 12.7 Å². The van der Waals surface area contributed by atoms with E-state index in [4.69, 9.17) is 10.2 Å². The molecule has 0 aliphatic rings. The van der Waals surface area contributed by atoms with Crippen LogP contribution in [-0.4, -0.2) is 22.9 Å². The van der Waals surface area contributed by atoms with Gasteiger partial charge in [0.05, 0.1) is 6.10 Å². The van der Waals surface area contributed by atoms with Crippen molar-refractivity contribution in [1.82, 2.24) is 0 Å². The standard InChI is InChI=1S/C6H11O2/c1-2-6(8)4-3-5-7/h2,4,6-8H,1,3,5H2. The SMILES string of the molecule is C=CC(O)[CH]CCO. The molecule has 2 nitrogen and oxygen atoms in total. The Hall–Kier alpha value is -0.340. The van der Waals surface area contributed by atoms with E-state index in [9.17, 15) is 0 Å². The van der Waals surface area contributed by atoms with Crippen molar-refractivity contribution >= 4 is 0 Å². The lowest BCUT2D eigenvalue weighted by Crippen LogP contribution is -2.02. The predicted octanol–water partition coefficient (Wildman–Crippen LogP) is 0.120. The quantitative estimate of drug-likeness (QED) is 0.511. The third-order valence-electron chi connectivity index (χ3n) is 0.779. The number of aliphatic hydroxyl groups excluding tert-OH is 2. The smallest absolute Gasteiger partial charge is 0.0751 e. The van der Waals surface area contributed by atoms with E-state index in [1.807, 2.05) is 0 Å². The zero-order valence-electron chi connectivity index (χ0n) is 4.75. The summed E-state index contributed by atoms with van der Waals surface area (Å²) in [6.07, 6.45) is 2.96. The monoisotopic (exact) mass is 115 g/mol. The van der Waals surface area contributed by atoms with Crippen LogP contribution in [0.4, 0.5) is 0 Å². The van der Waals surface area contributed by atoms with Gasteiger partial charge in [0.2, 0.25) is 0 Å². The minimum absolute atomic E-state index is 0.0882. The highest BCUT2D eigenvalue weighted by atomic mass is 16.3. The van der Waals surface area contributed by atoms with E-state index in [0.29, 0.717) is 6.42 Å². The molecule has 0 rings (SSSR count). The van der Waals surface area contributed by atoms with Crippen LogP contribution in [0.2, 0.25) is 0 Å². The van der Waals surface area contributed by atoms with Crippen molar-refractivity contribution in [2.45, 2.75) is 12.5 Å². The molecule has 2 N–H and O–H groups in total. The molecule has 0 aromatic carbocycles. The average molecular weight is 115 g/mol. The van der Waals surface area contributed by atoms with Crippen LogP contribution in [0, 0.1) is 6.42 Å². The summed E-state index contributed by atoms with van der Waals surface area (Å²) >= 11 is 0. The highest BCUT2D eigenvalue weighted by molar-refractivity contribution is 4.89. The van der Waals surface area contributed by atoms with Crippen LogP contribution < -0.4 is 0 Å². The minimum Gasteiger partial charge on any atom is -0.396 e. The molecule has 8 heavy (non-hydrogen) atoms. The Morgan fingerprint density at radius 1 is 1.62 bits per heavy atom. The van der Waals surface area contributed by atoms with Gasteiger partial charge >= 0.3 is 0 Å². The summed E-state index contributed by atoms with van der Waals surface area (Å²) in [6, 6.07) is 0. The van der Waals surface area contributed by atoms with Gasteiger partial charge in [-0.3, -0.25) is 0 Å². The Bertz CT molecular complexity index is 61.5. The zero-order valence-corrected chi connectivity index (χ0v) is 4.75. The molecule has 0 aliphatic carbocycles. The average Bonchev–Trinajstić information content (AvgIpc) is 1.83. The van der Waals surface area contributed by atoms with E-state index < -0.39 is 6.10 Å². The molecule has 0 fully saturated rings. The molecule has 47 valence electrons. The molecular formula is C6H11O2. The summed E-state index contributed by atoms with van der Waals surface area (Å²) in [5.41, 5.74) is 0. The fourth-order valence-electron chi connectivity index (χ4n) is 0.342. The lowest BCUT2D eigenvalue weighted by molar-refractivity contribution is 0.234. The second kappa shape index (κ2) is 4.81. The molecule has 1 atom stereocenters. The summed E-state index contributed by atoms with van der Waals surface area (Å²) in [6.45, 7) is 3.44. The molecule has 0 heterocycles. The van der Waals surface area contributed by atoms with Crippen LogP contribution in [0.1, 0.15) is 6.42 Å². The lowest BCUT2D eigenvalue weighted by Gasteiger charge is -1.99. The van der Waals surface area contributed by atoms with Gasteiger partial charge in [-0.15, -0.1) is 6.58 Å². The molecular weight excluding hydrogens is 104 g/mol. The van der Waals surface area contributed by atoms with Gasteiger partial charge in [0, 0.05) is 6.61 Å².